The van der Waals surface area contributed by atoms with Crippen LogP contribution in [-0.4, -0.2) is 19.6 Å². The summed E-state index contributed by atoms with van der Waals surface area (Å²) < 4.78 is 3.65. The number of nitrogens with two attached hydrogens (primary N) is 1. The van der Waals surface area contributed by atoms with Crippen LogP contribution in [0.25, 0.3) is 11.1 Å². The summed E-state index contributed by atoms with van der Waals surface area (Å²) >= 11 is 6.27. The molecule has 0 unspecified atom stereocenters. The predicted octanol–water partition coefficient (Wildman–Crippen LogP) is 2.88. The van der Waals surface area contributed by atoms with Crippen molar-refractivity contribution in [2.24, 2.45) is 7.05 Å². The fourth-order valence-corrected chi connectivity index (χ4v) is 2.50. The first-order valence-electron chi connectivity index (χ1n) is 6.61. The maximum atomic E-state index is 6.27. The van der Waals surface area contributed by atoms with Crippen LogP contribution in [-0.2, 0) is 13.6 Å². The average molecular weight is 302 g/mol. The molecule has 5 nitrogen and oxygen atoms in total. The molecule has 0 aliphatic heterocycles. The number of hydrogen-bond donors (Lipinski definition) is 1. The first-order valence-corrected chi connectivity index (χ1v) is 6.98. The van der Waals surface area contributed by atoms with Crippen LogP contribution in [0.3, 0.4) is 0 Å². The van der Waals surface area contributed by atoms with Gasteiger partial charge in [-0.2, -0.15) is 10.2 Å². The average Bonchev–Trinajstić information content (AvgIpc) is 3.01. The van der Waals surface area contributed by atoms with E-state index < -0.39 is 0 Å². The quantitative estimate of drug-likeness (QED) is 0.757. The van der Waals surface area contributed by atoms with Gasteiger partial charge < -0.3 is 5.73 Å². The van der Waals surface area contributed by atoms with Crippen LogP contribution in [0.1, 0.15) is 11.4 Å². The van der Waals surface area contributed by atoms with Crippen molar-refractivity contribution >= 4 is 17.3 Å². The third kappa shape index (κ3) is 2.64. The Morgan fingerprint density at radius 2 is 1.90 bits per heavy atom. The lowest BCUT2D eigenvalue weighted by atomic mass is 10.1. The molecule has 0 aliphatic rings. The number of aryl methyl sites for hydroxylation is 2. The van der Waals surface area contributed by atoms with Gasteiger partial charge in [-0.15, -0.1) is 0 Å². The lowest BCUT2D eigenvalue weighted by Gasteiger charge is -2.03. The van der Waals surface area contributed by atoms with Gasteiger partial charge >= 0.3 is 0 Å². The molecule has 2 heterocycles. The second-order valence-electron chi connectivity index (χ2n) is 5.02. The maximum Gasteiger partial charge on any atom is 0.0866 e. The fraction of sp³-hybridized carbons (Fsp3) is 0.200. The van der Waals surface area contributed by atoms with Crippen LogP contribution < -0.4 is 5.73 Å². The number of aromatic nitrogens is 4. The number of nitrogen functional groups attached to an aromatic ring is 1. The van der Waals surface area contributed by atoms with E-state index in [1.807, 2.05) is 55.3 Å². The van der Waals surface area contributed by atoms with Gasteiger partial charge in [0.05, 0.1) is 29.2 Å². The Hall–Kier alpha value is -2.27. The molecule has 6 heteroatoms. The number of benzene rings is 1. The Morgan fingerprint density at radius 3 is 2.52 bits per heavy atom. The molecule has 2 aromatic heterocycles. The fourth-order valence-electron chi connectivity index (χ4n) is 2.28. The third-order valence-corrected chi connectivity index (χ3v) is 3.94. The number of halogens is 1. The number of rotatable bonds is 3. The SMILES string of the molecule is Cc1nn(C)c(Cn2cc(-c3ccc(N)cc3)cn2)c1Cl. The zero-order chi connectivity index (χ0) is 15.0. The van der Waals surface area contributed by atoms with E-state index in [1.165, 1.54) is 0 Å². The minimum atomic E-state index is 0.588. The van der Waals surface area contributed by atoms with Gasteiger partial charge in [-0.05, 0) is 24.6 Å². The molecule has 21 heavy (non-hydrogen) atoms. The van der Waals surface area contributed by atoms with E-state index in [0.717, 1.165) is 28.2 Å². The number of nitrogens with zero attached hydrogens (tertiary/aromatic N) is 4. The summed E-state index contributed by atoms with van der Waals surface area (Å²) in [6.45, 7) is 2.49. The van der Waals surface area contributed by atoms with Gasteiger partial charge in [-0.25, -0.2) is 0 Å². The Kier molecular flexibility index (Phi) is 3.43. The summed E-state index contributed by atoms with van der Waals surface area (Å²) in [5.74, 6) is 0. The van der Waals surface area contributed by atoms with E-state index in [2.05, 4.69) is 10.2 Å². The molecule has 0 amide bonds. The van der Waals surface area contributed by atoms with Gasteiger partial charge in [0.1, 0.15) is 0 Å². The normalized spacial score (nSPS) is 11.0. The largest absolute Gasteiger partial charge is 0.399 e. The Labute approximate surface area is 127 Å². The molecule has 1 aromatic carbocycles. The second kappa shape index (κ2) is 5.26. The van der Waals surface area contributed by atoms with Gasteiger partial charge in [0.25, 0.3) is 0 Å². The minimum Gasteiger partial charge on any atom is -0.399 e. The highest BCUT2D eigenvalue weighted by atomic mass is 35.5. The minimum absolute atomic E-state index is 0.588. The molecule has 0 saturated heterocycles. The summed E-state index contributed by atoms with van der Waals surface area (Å²) in [7, 11) is 1.89. The Morgan fingerprint density at radius 1 is 1.19 bits per heavy atom. The van der Waals surface area contributed by atoms with E-state index in [4.69, 9.17) is 17.3 Å². The maximum absolute atomic E-state index is 6.27. The lowest BCUT2D eigenvalue weighted by molar-refractivity contribution is 0.619. The van der Waals surface area contributed by atoms with Crippen molar-refractivity contribution in [3.05, 3.63) is 53.1 Å². The summed E-state index contributed by atoms with van der Waals surface area (Å²) in [6.07, 6.45) is 3.83. The summed E-state index contributed by atoms with van der Waals surface area (Å²) in [5, 5.41) is 9.39. The van der Waals surface area contributed by atoms with E-state index in [0.29, 0.717) is 11.6 Å². The van der Waals surface area contributed by atoms with Gasteiger partial charge in [0.2, 0.25) is 0 Å². The number of anilines is 1. The highest BCUT2D eigenvalue weighted by molar-refractivity contribution is 6.31. The molecule has 0 fully saturated rings. The van der Waals surface area contributed by atoms with Crippen LogP contribution in [0.2, 0.25) is 5.02 Å². The van der Waals surface area contributed by atoms with E-state index in [-0.39, 0.29) is 0 Å². The van der Waals surface area contributed by atoms with E-state index >= 15 is 0 Å². The molecular formula is C15H16ClN5. The predicted molar refractivity (Wildman–Crippen MR) is 84.1 cm³/mol. The van der Waals surface area contributed by atoms with Crippen molar-refractivity contribution in [3.8, 4) is 11.1 Å². The topological polar surface area (TPSA) is 61.7 Å². The Bertz CT molecular complexity index is 770. The lowest BCUT2D eigenvalue weighted by Crippen LogP contribution is -2.06. The summed E-state index contributed by atoms with van der Waals surface area (Å²) in [6, 6.07) is 7.73. The standard InChI is InChI=1S/C15H16ClN5/c1-10-15(16)14(20(2)19-10)9-21-8-12(7-18-21)11-3-5-13(17)6-4-11/h3-8H,9,17H2,1-2H3. The van der Waals surface area contributed by atoms with Gasteiger partial charge in [0, 0.05) is 24.5 Å². The van der Waals surface area contributed by atoms with Crippen molar-refractivity contribution in [1.29, 1.82) is 0 Å². The summed E-state index contributed by atoms with van der Waals surface area (Å²) in [4.78, 5) is 0. The molecule has 3 rings (SSSR count). The van der Waals surface area contributed by atoms with Crippen LogP contribution in [0.5, 0.6) is 0 Å². The zero-order valence-electron chi connectivity index (χ0n) is 11.9. The van der Waals surface area contributed by atoms with Crippen molar-refractivity contribution in [3.63, 3.8) is 0 Å². The molecule has 0 atom stereocenters. The highest BCUT2D eigenvalue weighted by Gasteiger charge is 2.12. The molecule has 108 valence electrons. The van der Waals surface area contributed by atoms with Gasteiger partial charge in [-0.1, -0.05) is 23.7 Å². The zero-order valence-corrected chi connectivity index (χ0v) is 12.7. The molecule has 3 aromatic rings. The smallest absolute Gasteiger partial charge is 0.0866 e. The molecule has 0 spiro atoms. The van der Waals surface area contributed by atoms with Crippen LogP contribution in [0.4, 0.5) is 5.69 Å². The van der Waals surface area contributed by atoms with Gasteiger partial charge in [-0.3, -0.25) is 9.36 Å². The Balaban J connectivity index is 1.87. The molecule has 2 N–H and O–H groups in total. The molecular weight excluding hydrogens is 286 g/mol. The van der Waals surface area contributed by atoms with E-state index in [1.54, 1.807) is 4.68 Å². The molecule has 0 radical (unpaired) electrons. The van der Waals surface area contributed by atoms with E-state index in [9.17, 15) is 0 Å². The van der Waals surface area contributed by atoms with Crippen molar-refractivity contribution in [2.45, 2.75) is 13.5 Å². The van der Waals surface area contributed by atoms with Crippen LogP contribution in [0, 0.1) is 6.92 Å². The first-order chi connectivity index (χ1) is 10.0. The van der Waals surface area contributed by atoms with Crippen LogP contribution >= 0.6 is 11.6 Å². The first kappa shape index (κ1) is 13.7. The second-order valence-corrected chi connectivity index (χ2v) is 5.40. The highest BCUT2D eigenvalue weighted by Crippen LogP contribution is 2.23. The van der Waals surface area contributed by atoms with Crippen molar-refractivity contribution < 1.29 is 0 Å². The monoisotopic (exact) mass is 301 g/mol. The van der Waals surface area contributed by atoms with Crippen molar-refractivity contribution in [2.75, 3.05) is 5.73 Å². The van der Waals surface area contributed by atoms with Crippen LogP contribution in [0.15, 0.2) is 36.7 Å². The van der Waals surface area contributed by atoms with Gasteiger partial charge in [0.15, 0.2) is 0 Å². The van der Waals surface area contributed by atoms with Crippen molar-refractivity contribution in [1.82, 2.24) is 19.6 Å². The number of hydrogen-bond acceptors (Lipinski definition) is 3. The molecule has 0 bridgehead atoms. The third-order valence-electron chi connectivity index (χ3n) is 3.45. The molecule has 0 saturated carbocycles. The molecule has 0 aliphatic carbocycles. The summed E-state index contributed by atoms with van der Waals surface area (Å²) in [5.41, 5.74) is 10.4.